The maximum atomic E-state index is 12.3. The highest BCUT2D eigenvalue weighted by molar-refractivity contribution is 14.1. The van der Waals surface area contributed by atoms with Crippen molar-refractivity contribution in [3.63, 3.8) is 0 Å². The standard InChI is InChI=1S/C19H17IN2O4S/c1-10-4-5-14(25-2)13(6-10)21-19-22-18(24)16(27-19)9-11-7-12(20)17(23)15(8-11)26-3/h4-9,23H,1-3H3,(H,21,22,24)/b16-9-. The largest absolute Gasteiger partial charge is 0.504 e. The van der Waals surface area contributed by atoms with E-state index in [1.54, 1.807) is 25.3 Å². The third-order valence-corrected chi connectivity index (χ3v) is 5.51. The maximum Gasteiger partial charge on any atom is 0.264 e. The molecule has 1 saturated heterocycles. The summed E-state index contributed by atoms with van der Waals surface area (Å²) in [5.74, 6) is 0.846. The summed E-state index contributed by atoms with van der Waals surface area (Å²) in [6.07, 6.45) is 1.74. The zero-order valence-electron chi connectivity index (χ0n) is 14.9. The smallest absolute Gasteiger partial charge is 0.264 e. The molecule has 1 heterocycles. The van der Waals surface area contributed by atoms with E-state index >= 15 is 0 Å². The summed E-state index contributed by atoms with van der Waals surface area (Å²) in [7, 11) is 3.07. The minimum Gasteiger partial charge on any atom is -0.504 e. The van der Waals surface area contributed by atoms with E-state index in [2.05, 4.69) is 10.3 Å². The van der Waals surface area contributed by atoms with Crippen LogP contribution in [0.2, 0.25) is 0 Å². The van der Waals surface area contributed by atoms with Crippen LogP contribution in [-0.4, -0.2) is 30.4 Å². The van der Waals surface area contributed by atoms with Crippen molar-refractivity contribution in [1.29, 1.82) is 0 Å². The number of methoxy groups -OCH3 is 2. The number of halogens is 1. The van der Waals surface area contributed by atoms with Crippen LogP contribution in [0, 0.1) is 10.5 Å². The highest BCUT2D eigenvalue weighted by Crippen LogP contribution is 2.36. The van der Waals surface area contributed by atoms with Gasteiger partial charge in [0, 0.05) is 0 Å². The van der Waals surface area contributed by atoms with E-state index < -0.39 is 0 Å². The van der Waals surface area contributed by atoms with E-state index in [0.29, 0.717) is 30.8 Å². The molecule has 6 nitrogen and oxygen atoms in total. The number of phenolic OH excluding ortho intramolecular Hbond substituents is 1. The van der Waals surface area contributed by atoms with Crippen LogP contribution < -0.4 is 14.8 Å². The molecule has 2 aromatic rings. The Balaban J connectivity index is 1.91. The van der Waals surface area contributed by atoms with Crippen LogP contribution in [0.25, 0.3) is 6.08 Å². The topological polar surface area (TPSA) is 80.2 Å². The van der Waals surface area contributed by atoms with Gasteiger partial charge in [-0.05, 0) is 82.7 Å². The summed E-state index contributed by atoms with van der Waals surface area (Å²) >= 11 is 3.26. The molecular weight excluding hydrogens is 479 g/mol. The van der Waals surface area contributed by atoms with Crippen molar-refractivity contribution in [2.45, 2.75) is 6.92 Å². The van der Waals surface area contributed by atoms with E-state index in [-0.39, 0.29) is 11.7 Å². The SMILES string of the molecule is COc1ccc(C)cc1N=C1NC(=O)/C(=C/c2cc(I)c(O)c(OC)c2)S1. The van der Waals surface area contributed by atoms with Crippen molar-refractivity contribution in [2.24, 2.45) is 4.99 Å². The van der Waals surface area contributed by atoms with Crippen LogP contribution in [0.1, 0.15) is 11.1 Å². The van der Waals surface area contributed by atoms with Crippen molar-refractivity contribution in [2.75, 3.05) is 14.2 Å². The van der Waals surface area contributed by atoms with Crippen molar-refractivity contribution < 1.29 is 19.4 Å². The van der Waals surface area contributed by atoms with E-state index in [1.807, 2.05) is 47.7 Å². The molecule has 0 radical (unpaired) electrons. The average molecular weight is 496 g/mol. The Labute approximate surface area is 174 Å². The lowest BCUT2D eigenvalue weighted by atomic mass is 10.2. The molecule has 0 aliphatic carbocycles. The fraction of sp³-hybridized carbons (Fsp3) is 0.158. The summed E-state index contributed by atoms with van der Waals surface area (Å²) < 4.78 is 11.1. The number of amidine groups is 1. The monoisotopic (exact) mass is 496 g/mol. The number of hydrogen-bond donors (Lipinski definition) is 2. The minimum absolute atomic E-state index is 0.0811. The molecule has 2 N–H and O–H groups in total. The molecule has 0 saturated carbocycles. The molecule has 27 heavy (non-hydrogen) atoms. The van der Waals surface area contributed by atoms with Gasteiger partial charge in [-0.25, -0.2) is 4.99 Å². The number of phenols is 1. The Morgan fingerprint density at radius 1 is 1.19 bits per heavy atom. The maximum absolute atomic E-state index is 12.3. The zero-order valence-corrected chi connectivity index (χ0v) is 17.8. The lowest BCUT2D eigenvalue weighted by Gasteiger charge is -2.06. The van der Waals surface area contributed by atoms with E-state index in [1.165, 1.54) is 18.9 Å². The number of aryl methyl sites for hydroxylation is 1. The number of rotatable bonds is 4. The number of thioether (sulfide) groups is 1. The van der Waals surface area contributed by atoms with Crippen molar-refractivity contribution in [1.82, 2.24) is 5.32 Å². The summed E-state index contributed by atoms with van der Waals surface area (Å²) in [4.78, 5) is 17.3. The molecule has 0 aromatic heterocycles. The predicted molar refractivity (Wildman–Crippen MR) is 116 cm³/mol. The average Bonchev–Trinajstić information content (AvgIpc) is 2.97. The Morgan fingerprint density at radius 2 is 1.93 bits per heavy atom. The quantitative estimate of drug-likeness (QED) is 0.490. The summed E-state index contributed by atoms with van der Waals surface area (Å²) in [5, 5.41) is 13.2. The van der Waals surface area contributed by atoms with Gasteiger partial charge in [0.05, 0.1) is 22.7 Å². The highest BCUT2D eigenvalue weighted by atomic mass is 127. The number of nitrogens with one attached hydrogen (secondary N) is 1. The number of amides is 1. The van der Waals surface area contributed by atoms with E-state index in [9.17, 15) is 9.90 Å². The Bertz CT molecular complexity index is 972. The second-order valence-corrected chi connectivity index (χ2v) is 7.90. The molecule has 2 aromatic carbocycles. The number of benzene rings is 2. The summed E-state index contributed by atoms with van der Waals surface area (Å²) in [5.41, 5.74) is 2.45. The highest BCUT2D eigenvalue weighted by Gasteiger charge is 2.24. The van der Waals surface area contributed by atoms with Crippen LogP contribution >= 0.6 is 34.4 Å². The first-order chi connectivity index (χ1) is 12.9. The second kappa shape index (κ2) is 8.22. The second-order valence-electron chi connectivity index (χ2n) is 5.71. The molecule has 1 aliphatic rings. The van der Waals surface area contributed by atoms with Gasteiger partial charge in [0.15, 0.2) is 16.7 Å². The molecule has 0 unspecified atom stereocenters. The molecule has 1 amide bonds. The first kappa shape index (κ1) is 19.6. The number of ether oxygens (including phenoxy) is 2. The molecular formula is C19H17IN2O4S. The van der Waals surface area contributed by atoms with Gasteiger partial charge in [0.2, 0.25) is 0 Å². The van der Waals surface area contributed by atoms with Gasteiger partial charge < -0.3 is 19.9 Å². The number of aliphatic imine (C=N–C) groups is 1. The van der Waals surface area contributed by atoms with Gasteiger partial charge in [-0.15, -0.1) is 0 Å². The van der Waals surface area contributed by atoms with Gasteiger partial charge in [-0.1, -0.05) is 6.07 Å². The molecule has 1 fully saturated rings. The molecule has 8 heteroatoms. The summed E-state index contributed by atoms with van der Waals surface area (Å²) in [6, 6.07) is 9.13. The normalized spacial score (nSPS) is 16.7. The third kappa shape index (κ3) is 4.38. The molecule has 0 bridgehead atoms. The van der Waals surface area contributed by atoms with Crippen molar-refractivity contribution in [3.8, 4) is 17.2 Å². The first-order valence-corrected chi connectivity index (χ1v) is 9.81. The van der Waals surface area contributed by atoms with Gasteiger partial charge in [0.1, 0.15) is 11.4 Å². The number of carbonyl (C=O) groups is 1. The van der Waals surface area contributed by atoms with Crippen molar-refractivity contribution >= 4 is 57.2 Å². The van der Waals surface area contributed by atoms with Crippen LogP contribution in [0.4, 0.5) is 5.69 Å². The molecule has 3 rings (SSSR count). The molecule has 140 valence electrons. The fourth-order valence-corrected chi connectivity index (χ4v) is 3.92. The zero-order chi connectivity index (χ0) is 19.6. The third-order valence-electron chi connectivity index (χ3n) is 3.78. The molecule has 0 spiro atoms. The number of hydrogen-bond acceptors (Lipinski definition) is 6. The number of aromatic hydroxyl groups is 1. The van der Waals surface area contributed by atoms with Gasteiger partial charge in [0.25, 0.3) is 5.91 Å². The van der Waals surface area contributed by atoms with Gasteiger partial charge in [-0.2, -0.15) is 0 Å². The Morgan fingerprint density at radius 3 is 2.63 bits per heavy atom. The first-order valence-electron chi connectivity index (χ1n) is 7.92. The molecule has 1 aliphatic heterocycles. The van der Waals surface area contributed by atoms with Crippen molar-refractivity contribution in [3.05, 3.63) is 49.9 Å². The van der Waals surface area contributed by atoms with Gasteiger partial charge in [-0.3, -0.25) is 4.79 Å². The van der Waals surface area contributed by atoms with Crippen LogP contribution in [0.15, 0.2) is 40.2 Å². The van der Waals surface area contributed by atoms with Crippen LogP contribution in [-0.2, 0) is 4.79 Å². The van der Waals surface area contributed by atoms with Crippen LogP contribution in [0.3, 0.4) is 0 Å². The fourth-order valence-electron chi connectivity index (χ4n) is 2.46. The Kier molecular flexibility index (Phi) is 5.95. The van der Waals surface area contributed by atoms with E-state index in [0.717, 1.165) is 11.1 Å². The summed E-state index contributed by atoms with van der Waals surface area (Å²) in [6.45, 7) is 1.97. The Hall–Kier alpha value is -2.20. The number of carbonyl (C=O) groups excluding carboxylic acids is 1. The van der Waals surface area contributed by atoms with Gasteiger partial charge >= 0.3 is 0 Å². The number of nitrogens with zero attached hydrogens (tertiary/aromatic N) is 1. The van der Waals surface area contributed by atoms with E-state index in [4.69, 9.17) is 9.47 Å². The minimum atomic E-state index is -0.229. The molecule has 0 atom stereocenters. The van der Waals surface area contributed by atoms with Crippen LogP contribution in [0.5, 0.6) is 17.2 Å². The lowest BCUT2D eigenvalue weighted by Crippen LogP contribution is -2.19. The predicted octanol–water partition coefficient (Wildman–Crippen LogP) is 4.21. The lowest BCUT2D eigenvalue weighted by molar-refractivity contribution is -0.115.